The van der Waals surface area contributed by atoms with Crippen LogP contribution in [0.5, 0.6) is 0 Å². The van der Waals surface area contributed by atoms with E-state index in [-0.39, 0.29) is 5.91 Å². The largest absolute Gasteiger partial charge is 0.340 e. The number of aromatic nitrogens is 2. The van der Waals surface area contributed by atoms with E-state index < -0.39 is 0 Å². The van der Waals surface area contributed by atoms with Crippen molar-refractivity contribution >= 4 is 5.91 Å². The minimum atomic E-state index is 0.189. The van der Waals surface area contributed by atoms with Gasteiger partial charge in [0, 0.05) is 26.7 Å². The minimum Gasteiger partial charge on any atom is -0.340 e. The molecule has 0 saturated carbocycles. The molecule has 0 radical (unpaired) electrons. The van der Waals surface area contributed by atoms with Gasteiger partial charge in [0.1, 0.15) is 0 Å². The SMILES string of the molecule is CCCC(=O)N(C)Cc1ccnn1C. The lowest BCUT2D eigenvalue weighted by Crippen LogP contribution is -2.26. The lowest BCUT2D eigenvalue weighted by molar-refractivity contribution is -0.130. The van der Waals surface area contributed by atoms with Crippen molar-refractivity contribution in [2.24, 2.45) is 7.05 Å². The van der Waals surface area contributed by atoms with Gasteiger partial charge in [0.2, 0.25) is 5.91 Å². The summed E-state index contributed by atoms with van der Waals surface area (Å²) in [5.41, 5.74) is 1.05. The predicted octanol–water partition coefficient (Wildman–Crippen LogP) is 1.18. The van der Waals surface area contributed by atoms with Crippen molar-refractivity contribution in [3.8, 4) is 0 Å². The van der Waals surface area contributed by atoms with E-state index >= 15 is 0 Å². The third-order valence-electron chi connectivity index (χ3n) is 2.21. The average molecular weight is 195 g/mol. The van der Waals surface area contributed by atoms with Crippen molar-refractivity contribution < 1.29 is 4.79 Å². The maximum Gasteiger partial charge on any atom is 0.222 e. The summed E-state index contributed by atoms with van der Waals surface area (Å²) in [6, 6.07) is 1.93. The Bertz CT molecular complexity index is 306. The number of carbonyl (C=O) groups excluding carboxylic acids is 1. The van der Waals surface area contributed by atoms with Crippen LogP contribution in [0.15, 0.2) is 12.3 Å². The standard InChI is InChI=1S/C10H17N3O/c1-4-5-10(14)12(2)8-9-6-7-11-13(9)3/h6-7H,4-5,8H2,1-3H3. The van der Waals surface area contributed by atoms with Crippen molar-refractivity contribution in [1.82, 2.24) is 14.7 Å². The fourth-order valence-corrected chi connectivity index (χ4v) is 1.29. The Balaban J connectivity index is 2.52. The summed E-state index contributed by atoms with van der Waals surface area (Å²) in [6.07, 6.45) is 3.26. The van der Waals surface area contributed by atoms with Gasteiger partial charge in [-0.3, -0.25) is 9.48 Å². The topological polar surface area (TPSA) is 38.1 Å². The molecule has 1 rings (SSSR count). The van der Waals surface area contributed by atoms with Crippen LogP contribution in [0.3, 0.4) is 0 Å². The van der Waals surface area contributed by atoms with Gasteiger partial charge in [-0.25, -0.2) is 0 Å². The molecule has 0 aliphatic carbocycles. The molecule has 1 aromatic heterocycles. The second kappa shape index (κ2) is 4.79. The third kappa shape index (κ3) is 2.58. The van der Waals surface area contributed by atoms with E-state index in [2.05, 4.69) is 5.10 Å². The Kier molecular flexibility index (Phi) is 3.68. The van der Waals surface area contributed by atoms with E-state index in [9.17, 15) is 4.79 Å². The molecule has 0 aliphatic rings. The quantitative estimate of drug-likeness (QED) is 0.723. The fourth-order valence-electron chi connectivity index (χ4n) is 1.29. The first kappa shape index (κ1) is 10.8. The Labute approximate surface area is 84.5 Å². The zero-order valence-electron chi connectivity index (χ0n) is 9.03. The van der Waals surface area contributed by atoms with Crippen LogP contribution in [-0.4, -0.2) is 27.6 Å². The lowest BCUT2D eigenvalue weighted by atomic mass is 10.3. The van der Waals surface area contributed by atoms with E-state index in [0.29, 0.717) is 13.0 Å². The highest BCUT2D eigenvalue weighted by Gasteiger charge is 2.09. The summed E-state index contributed by atoms with van der Waals surface area (Å²) in [5, 5.41) is 4.05. The predicted molar refractivity (Wildman–Crippen MR) is 54.6 cm³/mol. The van der Waals surface area contributed by atoms with E-state index in [1.807, 2.05) is 27.1 Å². The molecule has 1 heterocycles. The van der Waals surface area contributed by atoms with Gasteiger partial charge in [-0.15, -0.1) is 0 Å². The van der Waals surface area contributed by atoms with Gasteiger partial charge in [-0.05, 0) is 12.5 Å². The third-order valence-corrected chi connectivity index (χ3v) is 2.21. The molecule has 0 aliphatic heterocycles. The van der Waals surface area contributed by atoms with Crippen LogP contribution >= 0.6 is 0 Å². The van der Waals surface area contributed by atoms with E-state index in [0.717, 1.165) is 12.1 Å². The zero-order chi connectivity index (χ0) is 10.6. The highest BCUT2D eigenvalue weighted by Crippen LogP contribution is 2.03. The summed E-state index contributed by atoms with van der Waals surface area (Å²) in [7, 11) is 3.71. The van der Waals surface area contributed by atoms with Crippen molar-refractivity contribution in [3.63, 3.8) is 0 Å². The normalized spacial score (nSPS) is 10.2. The monoisotopic (exact) mass is 195 g/mol. The van der Waals surface area contributed by atoms with E-state index in [1.165, 1.54) is 0 Å². The Morgan fingerprint density at radius 3 is 2.86 bits per heavy atom. The van der Waals surface area contributed by atoms with Crippen molar-refractivity contribution in [3.05, 3.63) is 18.0 Å². The van der Waals surface area contributed by atoms with Crippen LogP contribution in [0.4, 0.5) is 0 Å². The van der Waals surface area contributed by atoms with Crippen LogP contribution in [-0.2, 0) is 18.4 Å². The summed E-state index contributed by atoms with van der Waals surface area (Å²) >= 11 is 0. The minimum absolute atomic E-state index is 0.189. The van der Waals surface area contributed by atoms with Gasteiger partial charge in [-0.2, -0.15) is 5.10 Å². The molecule has 4 nitrogen and oxygen atoms in total. The molecule has 0 spiro atoms. The Morgan fingerprint density at radius 1 is 1.64 bits per heavy atom. The molecule has 4 heteroatoms. The molecule has 0 saturated heterocycles. The highest BCUT2D eigenvalue weighted by molar-refractivity contribution is 5.75. The average Bonchev–Trinajstić information content (AvgIpc) is 2.52. The number of aryl methyl sites for hydroxylation is 1. The second-order valence-electron chi connectivity index (χ2n) is 3.45. The molecule has 14 heavy (non-hydrogen) atoms. The molecule has 0 N–H and O–H groups in total. The molecule has 1 amide bonds. The van der Waals surface area contributed by atoms with Crippen LogP contribution < -0.4 is 0 Å². The fraction of sp³-hybridized carbons (Fsp3) is 0.600. The summed E-state index contributed by atoms with van der Waals surface area (Å²) in [5.74, 6) is 0.189. The molecule has 78 valence electrons. The van der Waals surface area contributed by atoms with Crippen LogP contribution in [0.2, 0.25) is 0 Å². The highest BCUT2D eigenvalue weighted by atomic mass is 16.2. The molecular weight excluding hydrogens is 178 g/mol. The lowest BCUT2D eigenvalue weighted by Gasteiger charge is -2.16. The first-order valence-corrected chi connectivity index (χ1v) is 4.86. The maximum absolute atomic E-state index is 11.5. The number of hydrogen-bond donors (Lipinski definition) is 0. The van der Waals surface area contributed by atoms with E-state index in [4.69, 9.17) is 0 Å². The Morgan fingerprint density at radius 2 is 2.36 bits per heavy atom. The van der Waals surface area contributed by atoms with Crippen molar-refractivity contribution in [1.29, 1.82) is 0 Å². The van der Waals surface area contributed by atoms with Crippen LogP contribution in [0, 0.1) is 0 Å². The number of hydrogen-bond acceptors (Lipinski definition) is 2. The smallest absolute Gasteiger partial charge is 0.222 e. The summed E-state index contributed by atoms with van der Waals surface area (Å²) in [4.78, 5) is 13.2. The second-order valence-corrected chi connectivity index (χ2v) is 3.45. The first-order valence-electron chi connectivity index (χ1n) is 4.86. The molecule has 0 unspecified atom stereocenters. The summed E-state index contributed by atoms with van der Waals surface area (Å²) < 4.78 is 1.79. The van der Waals surface area contributed by atoms with Crippen LogP contribution in [0.1, 0.15) is 25.5 Å². The number of carbonyl (C=O) groups is 1. The van der Waals surface area contributed by atoms with Gasteiger partial charge < -0.3 is 4.90 Å². The number of rotatable bonds is 4. The maximum atomic E-state index is 11.5. The molecule has 0 fully saturated rings. The van der Waals surface area contributed by atoms with Gasteiger partial charge in [-0.1, -0.05) is 6.92 Å². The molecule has 0 atom stereocenters. The first-order chi connectivity index (χ1) is 6.65. The molecule has 1 aromatic rings. The van der Waals surface area contributed by atoms with Gasteiger partial charge in [0.05, 0.1) is 12.2 Å². The van der Waals surface area contributed by atoms with Crippen LogP contribution in [0.25, 0.3) is 0 Å². The number of amides is 1. The van der Waals surface area contributed by atoms with Gasteiger partial charge >= 0.3 is 0 Å². The van der Waals surface area contributed by atoms with Crippen molar-refractivity contribution in [2.75, 3.05) is 7.05 Å². The number of nitrogens with zero attached hydrogens (tertiary/aromatic N) is 3. The molecular formula is C10H17N3O. The Hall–Kier alpha value is -1.32. The molecule has 0 aromatic carbocycles. The van der Waals surface area contributed by atoms with Gasteiger partial charge in [0.25, 0.3) is 0 Å². The van der Waals surface area contributed by atoms with Crippen molar-refractivity contribution in [2.45, 2.75) is 26.3 Å². The van der Waals surface area contributed by atoms with Gasteiger partial charge in [0.15, 0.2) is 0 Å². The molecule has 0 bridgehead atoms. The summed E-state index contributed by atoms with van der Waals surface area (Å²) in [6.45, 7) is 2.64. The zero-order valence-corrected chi connectivity index (χ0v) is 9.03. The van der Waals surface area contributed by atoms with E-state index in [1.54, 1.807) is 15.8 Å².